The summed E-state index contributed by atoms with van der Waals surface area (Å²) in [5, 5.41) is -0.148. The van der Waals surface area contributed by atoms with Crippen molar-refractivity contribution in [3.05, 3.63) is 64.3 Å². The predicted molar refractivity (Wildman–Crippen MR) is 115 cm³/mol. The van der Waals surface area contributed by atoms with E-state index in [9.17, 15) is 26.4 Å². The number of carbonyl (C=O) groups excluding carboxylic acids is 1. The van der Waals surface area contributed by atoms with Crippen molar-refractivity contribution in [1.29, 1.82) is 0 Å². The van der Waals surface area contributed by atoms with Crippen molar-refractivity contribution in [3.8, 4) is 5.75 Å². The predicted octanol–water partition coefficient (Wildman–Crippen LogP) is 4.50. The van der Waals surface area contributed by atoms with Gasteiger partial charge in [-0.2, -0.15) is 13.2 Å². The fraction of sp³-hybridized carbons (Fsp3) is 0.318. The number of H-pyrrole nitrogens is 1. The molecule has 172 valence electrons. The van der Waals surface area contributed by atoms with Gasteiger partial charge in [-0.15, -0.1) is 0 Å². The smallest absolute Gasteiger partial charge is 0.417 e. The molecule has 1 aromatic heterocycles. The number of amides is 1. The molecule has 10 heteroatoms. The summed E-state index contributed by atoms with van der Waals surface area (Å²) in [6, 6.07) is 9.16. The van der Waals surface area contributed by atoms with E-state index in [1.54, 1.807) is 6.07 Å². The van der Waals surface area contributed by atoms with Crippen LogP contribution < -0.4 is 9.46 Å². The number of sulfonamides is 1. The molecule has 6 nitrogen and oxygen atoms in total. The van der Waals surface area contributed by atoms with Crippen molar-refractivity contribution in [3.63, 3.8) is 0 Å². The highest BCUT2D eigenvalue weighted by Gasteiger charge is 2.35. The topological polar surface area (TPSA) is 88.3 Å². The Morgan fingerprint density at radius 2 is 1.84 bits per heavy atom. The van der Waals surface area contributed by atoms with Gasteiger partial charge in [0, 0.05) is 10.9 Å². The van der Waals surface area contributed by atoms with E-state index in [0.717, 1.165) is 23.4 Å². The Bertz CT molecular complexity index is 1260. The van der Waals surface area contributed by atoms with Gasteiger partial charge in [-0.05, 0) is 67.6 Å². The number of fused-ring (bicyclic) bond motifs is 1. The highest BCUT2D eigenvalue weighted by molar-refractivity contribution is 7.89. The molecule has 2 aromatic carbocycles. The van der Waals surface area contributed by atoms with Crippen molar-refractivity contribution < 1.29 is 31.1 Å². The number of aryl methyl sites for hydroxylation is 3. The van der Waals surface area contributed by atoms with Crippen LogP contribution in [0.2, 0.25) is 0 Å². The lowest BCUT2D eigenvalue weighted by Gasteiger charge is -2.12. The van der Waals surface area contributed by atoms with Crippen molar-refractivity contribution in [2.24, 2.45) is 0 Å². The molecule has 0 radical (unpaired) electrons. The van der Waals surface area contributed by atoms with Crippen molar-refractivity contribution in [1.82, 2.24) is 9.71 Å². The Kier molecular flexibility index (Phi) is 6.54. The first-order chi connectivity index (χ1) is 14.9. The van der Waals surface area contributed by atoms with Crippen LogP contribution in [0.4, 0.5) is 13.2 Å². The summed E-state index contributed by atoms with van der Waals surface area (Å²) in [4.78, 5) is 15.2. The number of carbonyl (C=O) groups is 1. The lowest BCUT2D eigenvalue weighted by Crippen LogP contribution is -2.30. The number of ether oxygens (including phenoxy) is 1. The van der Waals surface area contributed by atoms with Crippen LogP contribution in [-0.4, -0.2) is 32.2 Å². The van der Waals surface area contributed by atoms with Crippen LogP contribution in [0.25, 0.3) is 10.9 Å². The van der Waals surface area contributed by atoms with Gasteiger partial charge in [-0.25, -0.2) is 13.1 Å². The number of hydrogen-bond acceptors (Lipinski definition) is 4. The van der Waals surface area contributed by atoms with E-state index in [1.165, 1.54) is 12.1 Å². The zero-order valence-corrected chi connectivity index (χ0v) is 18.6. The maximum absolute atomic E-state index is 13.6. The average Bonchev–Trinajstić information content (AvgIpc) is 3.04. The Morgan fingerprint density at radius 3 is 2.47 bits per heavy atom. The summed E-state index contributed by atoms with van der Waals surface area (Å²) in [5.74, 6) is -0.375. The summed E-state index contributed by atoms with van der Waals surface area (Å²) < 4.78 is 71.4. The van der Waals surface area contributed by atoms with E-state index in [4.69, 9.17) is 4.74 Å². The van der Waals surface area contributed by atoms with E-state index in [1.807, 2.05) is 30.7 Å². The highest BCUT2D eigenvalue weighted by Crippen LogP contribution is 2.38. The Morgan fingerprint density at radius 1 is 1.12 bits per heavy atom. The van der Waals surface area contributed by atoms with Gasteiger partial charge in [0.2, 0.25) is 10.0 Å². The molecule has 3 aromatic rings. The van der Waals surface area contributed by atoms with E-state index in [-0.39, 0.29) is 35.2 Å². The quantitative estimate of drug-likeness (QED) is 0.500. The number of benzene rings is 2. The molecule has 2 N–H and O–H groups in total. The van der Waals surface area contributed by atoms with Gasteiger partial charge in [-0.3, -0.25) is 4.79 Å². The normalized spacial score (nSPS) is 12.2. The van der Waals surface area contributed by atoms with E-state index in [0.29, 0.717) is 12.2 Å². The number of aromatic amines is 1. The molecule has 1 heterocycles. The molecule has 1 amide bonds. The van der Waals surface area contributed by atoms with Crippen LogP contribution in [0, 0.1) is 13.8 Å². The molecule has 0 unspecified atom stereocenters. The molecule has 0 saturated carbocycles. The number of halogens is 3. The fourth-order valence-electron chi connectivity index (χ4n) is 3.46. The molecule has 0 aliphatic rings. The molecule has 0 atom stereocenters. The summed E-state index contributed by atoms with van der Waals surface area (Å²) in [5.41, 5.74) is 1.25. The minimum Gasteiger partial charge on any atom is -0.494 e. The number of aromatic nitrogens is 1. The standard InChI is InChI=1S/C22H23F3N2O4S/c1-13-9-10-15(12-14(13)2)31-11-5-6-16-19-17(22(23,24)25)7-4-8-18(19)26-20(16)21(28)27-32(3,29)30/h4,7-10,12,26H,5-6,11H2,1-3H3,(H,27,28). The fourth-order valence-corrected chi connectivity index (χ4v) is 3.90. The first-order valence-corrected chi connectivity index (χ1v) is 11.7. The minimum absolute atomic E-state index is 0.0739. The van der Waals surface area contributed by atoms with Crippen LogP contribution in [0.1, 0.15) is 39.2 Å². The van der Waals surface area contributed by atoms with Crippen LogP contribution in [0.5, 0.6) is 5.75 Å². The van der Waals surface area contributed by atoms with Gasteiger partial charge in [0.1, 0.15) is 11.4 Å². The molecule has 0 spiro atoms. The lowest BCUT2D eigenvalue weighted by atomic mass is 10.0. The van der Waals surface area contributed by atoms with Gasteiger partial charge < -0.3 is 9.72 Å². The molecule has 0 aliphatic carbocycles. The number of hydrogen-bond donors (Lipinski definition) is 2. The summed E-state index contributed by atoms with van der Waals surface area (Å²) in [7, 11) is -3.90. The van der Waals surface area contributed by atoms with Crippen molar-refractivity contribution in [2.45, 2.75) is 32.9 Å². The number of rotatable bonds is 7. The monoisotopic (exact) mass is 468 g/mol. The molecule has 0 fully saturated rings. The molecular weight excluding hydrogens is 445 g/mol. The van der Waals surface area contributed by atoms with Gasteiger partial charge in [0.05, 0.1) is 18.4 Å². The summed E-state index contributed by atoms with van der Waals surface area (Å²) in [6.07, 6.45) is -3.46. The molecule has 0 bridgehead atoms. The molecule has 0 saturated heterocycles. The van der Waals surface area contributed by atoms with E-state index < -0.39 is 27.7 Å². The second-order valence-corrected chi connectivity index (χ2v) is 9.35. The Hall–Kier alpha value is -3.01. The third-order valence-corrected chi connectivity index (χ3v) is 5.61. The number of nitrogens with one attached hydrogen (secondary N) is 2. The molecule has 3 rings (SSSR count). The lowest BCUT2D eigenvalue weighted by molar-refractivity contribution is -0.136. The first kappa shape index (κ1) is 23.6. The van der Waals surface area contributed by atoms with Crippen molar-refractivity contribution in [2.75, 3.05) is 12.9 Å². The van der Waals surface area contributed by atoms with Crippen LogP contribution in [0.15, 0.2) is 36.4 Å². The summed E-state index contributed by atoms with van der Waals surface area (Å²) >= 11 is 0. The van der Waals surface area contributed by atoms with Crippen LogP contribution in [-0.2, 0) is 22.6 Å². The second kappa shape index (κ2) is 8.85. The van der Waals surface area contributed by atoms with Gasteiger partial charge in [0.25, 0.3) is 5.91 Å². The maximum atomic E-state index is 13.6. The minimum atomic E-state index is -4.64. The van der Waals surface area contributed by atoms with Gasteiger partial charge >= 0.3 is 6.18 Å². The third kappa shape index (κ3) is 5.42. The average molecular weight is 468 g/mol. The van der Waals surface area contributed by atoms with E-state index >= 15 is 0 Å². The molecular formula is C22H23F3N2O4S. The van der Waals surface area contributed by atoms with Gasteiger partial charge in [-0.1, -0.05) is 12.1 Å². The highest BCUT2D eigenvalue weighted by atomic mass is 32.2. The van der Waals surface area contributed by atoms with Gasteiger partial charge in [0.15, 0.2) is 0 Å². The Balaban J connectivity index is 1.92. The largest absolute Gasteiger partial charge is 0.494 e. The van der Waals surface area contributed by atoms with E-state index in [2.05, 4.69) is 4.98 Å². The first-order valence-electron chi connectivity index (χ1n) is 9.80. The second-order valence-electron chi connectivity index (χ2n) is 7.61. The zero-order chi connectivity index (χ0) is 23.7. The van der Waals surface area contributed by atoms with Crippen molar-refractivity contribution >= 4 is 26.8 Å². The maximum Gasteiger partial charge on any atom is 0.417 e. The van der Waals surface area contributed by atoms with Crippen LogP contribution >= 0.6 is 0 Å². The molecule has 32 heavy (non-hydrogen) atoms. The number of alkyl halides is 3. The zero-order valence-electron chi connectivity index (χ0n) is 17.8. The van der Waals surface area contributed by atoms with Crippen LogP contribution in [0.3, 0.4) is 0 Å². The summed E-state index contributed by atoms with van der Waals surface area (Å²) in [6.45, 7) is 4.12. The third-order valence-electron chi connectivity index (χ3n) is 5.06. The SMILES string of the molecule is Cc1ccc(OCCCc2c(C(=O)NS(C)(=O)=O)[nH]c3cccc(C(F)(F)F)c23)cc1C. The molecule has 0 aliphatic heterocycles. The Labute approximate surface area is 183 Å².